The average molecular weight is 413 g/mol. The SMILES string of the molecule is COc1cc(C=CC(=O)c2cc(OC)c(OC)cc2CCNC(C)=O)cc(OC)c1. The van der Waals surface area contributed by atoms with Gasteiger partial charge >= 0.3 is 0 Å². The van der Waals surface area contributed by atoms with E-state index in [9.17, 15) is 9.59 Å². The number of rotatable bonds is 10. The standard InChI is InChI=1S/C23H27NO6/c1-15(25)24-9-8-17-12-22(29-4)23(30-5)14-20(17)21(26)7-6-16-10-18(27-2)13-19(11-16)28-3/h6-7,10-14H,8-9H2,1-5H3,(H,24,25). The highest BCUT2D eigenvalue weighted by Gasteiger charge is 2.15. The first-order valence-electron chi connectivity index (χ1n) is 9.36. The predicted molar refractivity (Wildman–Crippen MR) is 115 cm³/mol. The third-order valence-electron chi connectivity index (χ3n) is 4.44. The van der Waals surface area contributed by atoms with Crippen molar-refractivity contribution in [3.05, 3.63) is 53.1 Å². The topological polar surface area (TPSA) is 83.1 Å². The number of allylic oxidation sites excluding steroid dienone is 1. The van der Waals surface area contributed by atoms with Gasteiger partial charge in [0, 0.05) is 25.1 Å². The lowest BCUT2D eigenvalue weighted by Gasteiger charge is -2.14. The van der Waals surface area contributed by atoms with Crippen molar-refractivity contribution < 1.29 is 28.5 Å². The molecule has 0 aromatic heterocycles. The molecule has 1 N–H and O–H groups in total. The van der Waals surface area contributed by atoms with E-state index in [4.69, 9.17) is 18.9 Å². The maximum absolute atomic E-state index is 13.0. The van der Waals surface area contributed by atoms with Gasteiger partial charge in [0.15, 0.2) is 17.3 Å². The van der Waals surface area contributed by atoms with Gasteiger partial charge in [0.25, 0.3) is 0 Å². The molecular weight excluding hydrogens is 386 g/mol. The fourth-order valence-electron chi connectivity index (χ4n) is 2.92. The van der Waals surface area contributed by atoms with Crippen molar-refractivity contribution in [2.75, 3.05) is 35.0 Å². The summed E-state index contributed by atoms with van der Waals surface area (Å²) in [5.41, 5.74) is 1.99. The van der Waals surface area contributed by atoms with Gasteiger partial charge in [-0.1, -0.05) is 6.08 Å². The van der Waals surface area contributed by atoms with Crippen LogP contribution in [0.15, 0.2) is 36.4 Å². The lowest BCUT2D eigenvalue weighted by molar-refractivity contribution is -0.118. The molecule has 0 aliphatic rings. The first-order valence-corrected chi connectivity index (χ1v) is 9.36. The highest BCUT2D eigenvalue weighted by atomic mass is 16.5. The minimum Gasteiger partial charge on any atom is -0.497 e. The minimum absolute atomic E-state index is 0.129. The number of carbonyl (C=O) groups is 2. The second-order valence-corrected chi connectivity index (χ2v) is 6.44. The fraction of sp³-hybridized carbons (Fsp3) is 0.304. The van der Waals surface area contributed by atoms with Crippen molar-refractivity contribution in [3.63, 3.8) is 0 Å². The second-order valence-electron chi connectivity index (χ2n) is 6.44. The molecule has 0 heterocycles. The molecule has 0 bridgehead atoms. The number of ketones is 1. The summed E-state index contributed by atoms with van der Waals surface area (Å²) >= 11 is 0. The molecular formula is C23H27NO6. The molecule has 7 heteroatoms. The highest BCUT2D eigenvalue weighted by molar-refractivity contribution is 6.08. The molecule has 30 heavy (non-hydrogen) atoms. The van der Waals surface area contributed by atoms with E-state index in [2.05, 4.69) is 5.32 Å². The number of amides is 1. The number of hydrogen-bond donors (Lipinski definition) is 1. The Morgan fingerprint density at radius 1 is 0.867 bits per heavy atom. The van der Waals surface area contributed by atoms with Crippen LogP contribution in [-0.2, 0) is 11.2 Å². The number of ether oxygens (including phenoxy) is 4. The van der Waals surface area contributed by atoms with Gasteiger partial charge in [-0.2, -0.15) is 0 Å². The molecule has 0 spiro atoms. The van der Waals surface area contributed by atoms with E-state index in [1.165, 1.54) is 27.2 Å². The van der Waals surface area contributed by atoms with E-state index >= 15 is 0 Å². The lowest BCUT2D eigenvalue weighted by atomic mass is 9.99. The molecule has 0 fully saturated rings. The molecule has 0 unspecified atom stereocenters. The molecule has 160 valence electrons. The van der Waals surface area contributed by atoms with Gasteiger partial charge in [-0.3, -0.25) is 9.59 Å². The summed E-state index contributed by atoms with van der Waals surface area (Å²) in [5, 5.41) is 2.74. The van der Waals surface area contributed by atoms with Gasteiger partial charge in [0.1, 0.15) is 11.5 Å². The summed E-state index contributed by atoms with van der Waals surface area (Å²) in [5.74, 6) is 1.91. The molecule has 1 amide bonds. The van der Waals surface area contributed by atoms with E-state index in [-0.39, 0.29) is 11.7 Å². The third-order valence-corrected chi connectivity index (χ3v) is 4.44. The smallest absolute Gasteiger partial charge is 0.216 e. The van der Waals surface area contributed by atoms with Gasteiger partial charge < -0.3 is 24.3 Å². The lowest BCUT2D eigenvalue weighted by Crippen LogP contribution is -2.23. The number of carbonyl (C=O) groups excluding carboxylic acids is 2. The summed E-state index contributed by atoms with van der Waals surface area (Å²) in [6.45, 7) is 1.85. The Balaban J connectivity index is 2.36. The fourth-order valence-corrected chi connectivity index (χ4v) is 2.92. The summed E-state index contributed by atoms with van der Waals surface area (Å²) in [6, 6.07) is 8.78. The van der Waals surface area contributed by atoms with E-state index < -0.39 is 0 Å². The zero-order valence-corrected chi connectivity index (χ0v) is 17.9. The Morgan fingerprint density at radius 3 is 2.00 bits per heavy atom. The normalized spacial score (nSPS) is 10.6. The number of benzene rings is 2. The van der Waals surface area contributed by atoms with Gasteiger partial charge in [0.05, 0.1) is 28.4 Å². The van der Waals surface area contributed by atoms with Gasteiger partial charge in [0.2, 0.25) is 5.91 Å². The highest BCUT2D eigenvalue weighted by Crippen LogP contribution is 2.31. The van der Waals surface area contributed by atoms with Crippen LogP contribution in [-0.4, -0.2) is 46.7 Å². The van der Waals surface area contributed by atoms with Crippen LogP contribution < -0.4 is 24.3 Å². The van der Waals surface area contributed by atoms with Gasteiger partial charge in [-0.25, -0.2) is 0 Å². The Labute approximate surface area is 176 Å². The zero-order valence-electron chi connectivity index (χ0n) is 17.9. The van der Waals surface area contributed by atoms with Crippen molar-refractivity contribution in [1.29, 1.82) is 0 Å². The maximum atomic E-state index is 13.0. The maximum Gasteiger partial charge on any atom is 0.216 e. The van der Waals surface area contributed by atoms with Crippen LogP contribution in [0.1, 0.15) is 28.4 Å². The summed E-state index contributed by atoms with van der Waals surface area (Å²) in [4.78, 5) is 24.2. The summed E-state index contributed by atoms with van der Waals surface area (Å²) in [6.07, 6.45) is 3.65. The summed E-state index contributed by atoms with van der Waals surface area (Å²) < 4.78 is 21.2. The van der Waals surface area contributed by atoms with Crippen LogP contribution in [0.3, 0.4) is 0 Å². The van der Waals surface area contributed by atoms with Crippen LogP contribution in [0.4, 0.5) is 0 Å². The minimum atomic E-state index is -0.199. The number of methoxy groups -OCH3 is 4. The Kier molecular flexibility index (Phi) is 8.29. The molecule has 2 aromatic rings. The van der Waals surface area contributed by atoms with Crippen molar-refractivity contribution in [3.8, 4) is 23.0 Å². The number of hydrogen-bond acceptors (Lipinski definition) is 6. The Bertz CT molecular complexity index is 913. The van der Waals surface area contributed by atoms with Gasteiger partial charge in [-0.15, -0.1) is 0 Å². The molecule has 7 nitrogen and oxygen atoms in total. The van der Waals surface area contributed by atoms with E-state index in [0.717, 1.165) is 11.1 Å². The van der Waals surface area contributed by atoms with Crippen molar-refractivity contribution in [1.82, 2.24) is 5.32 Å². The molecule has 0 aliphatic carbocycles. The number of nitrogens with one attached hydrogen (secondary N) is 1. The Morgan fingerprint density at radius 2 is 1.47 bits per heavy atom. The molecule has 2 rings (SSSR count). The van der Waals surface area contributed by atoms with Crippen LogP contribution in [0, 0.1) is 0 Å². The summed E-state index contributed by atoms with van der Waals surface area (Å²) in [7, 11) is 6.19. The van der Waals surface area contributed by atoms with Crippen LogP contribution in [0.25, 0.3) is 6.08 Å². The quantitative estimate of drug-likeness (QED) is 0.475. The first kappa shape index (κ1) is 22.8. The van der Waals surface area contributed by atoms with Crippen molar-refractivity contribution in [2.24, 2.45) is 0 Å². The van der Waals surface area contributed by atoms with Crippen LogP contribution in [0.5, 0.6) is 23.0 Å². The van der Waals surface area contributed by atoms with Crippen LogP contribution in [0.2, 0.25) is 0 Å². The van der Waals surface area contributed by atoms with E-state index in [1.54, 1.807) is 50.6 Å². The second kappa shape index (κ2) is 10.9. The molecule has 0 aliphatic heterocycles. The monoisotopic (exact) mass is 413 g/mol. The Hall–Kier alpha value is -3.48. The van der Waals surface area contributed by atoms with Crippen LogP contribution >= 0.6 is 0 Å². The molecule has 0 radical (unpaired) electrons. The predicted octanol–water partition coefficient (Wildman–Crippen LogP) is 3.30. The molecule has 0 atom stereocenters. The molecule has 0 saturated heterocycles. The van der Waals surface area contributed by atoms with Crippen molar-refractivity contribution in [2.45, 2.75) is 13.3 Å². The third kappa shape index (κ3) is 6.01. The van der Waals surface area contributed by atoms with Crippen molar-refractivity contribution >= 4 is 17.8 Å². The van der Waals surface area contributed by atoms with E-state index in [0.29, 0.717) is 41.5 Å². The molecule has 2 aromatic carbocycles. The zero-order chi connectivity index (χ0) is 22.1. The largest absolute Gasteiger partial charge is 0.497 e. The molecule has 0 saturated carbocycles. The first-order chi connectivity index (χ1) is 14.4. The van der Waals surface area contributed by atoms with E-state index in [1.807, 2.05) is 0 Å². The average Bonchev–Trinajstić information content (AvgIpc) is 2.76. The van der Waals surface area contributed by atoms with Gasteiger partial charge in [-0.05, 0) is 47.9 Å².